The van der Waals surface area contributed by atoms with E-state index in [2.05, 4.69) is 46.6 Å². The number of hydrogen-bond acceptors (Lipinski definition) is 3. The van der Waals surface area contributed by atoms with Crippen molar-refractivity contribution in [3.8, 4) is 0 Å². The highest BCUT2D eigenvalue weighted by molar-refractivity contribution is 5.86. The van der Waals surface area contributed by atoms with Crippen LogP contribution in [0.5, 0.6) is 0 Å². The number of aliphatic hydroxyl groups excluding tert-OH is 1. The lowest BCUT2D eigenvalue weighted by atomic mass is 10.0. The number of pyridine rings is 1. The first kappa shape index (κ1) is 15.4. The van der Waals surface area contributed by atoms with Crippen LogP contribution in [-0.4, -0.2) is 33.1 Å². The monoisotopic (exact) mass is 321 g/mol. The van der Waals surface area contributed by atoms with Gasteiger partial charge in [-0.15, -0.1) is 0 Å². The van der Waals surface area contributed by atoms with E-state index in [4.69, 9.17) is 0 Å². The molecule has 3 aromatic rings. The summed E-state index contributed by atoms with van der Waals surface area (Å²) in [5.74, 6) is 0. The zero-order valence-electron chi connectivity index (χ0n) is 14.2. The van der Waals surface area contributed by atoms with Gasteiger partial charge in [-0.25, -0.2) is 0 Å². The van der Waals surface area contributed by atoms with Gasteiger partial charge in [-0.05, 0) is 55.8 Å². The quantitative estimate of drug-likeness (QED) is 0.806. The van der Waals surface area contributed by atoms with Crippen LogP contribution in [0.3, 0.4) is 0 Å². The van der Waals surface area contributed by atoms with Crippen molar-refractivity contribution in [1.29, 1.82) is 0 Å². The van der Waals surface area contributed by atoms with E-state index in [-0.39, 0.29) is 0 Å². The third-order valence-electron chi connectivity index (χ3n) is 5.05. The lowest BCUT2D eigenvalue weighted by molar-refractivity contribution is 0.155. The van der Waals surface area contributed by atoms with Gasteiger partial charge in [0.05, 0.1) is 12.6 Å². The zero-order chi connectivity index (χ0) is 16.7. The molecule has 0 bridgehead atoms. The summed E-state index contributed by atoms with van der Waals surface area (Å²) in [6.45, 7) is 4.75. The van der Waals surface area contributed by atoms with E-state index in [0.717, 1.165) is 25.1 Å². The van der Waals surface area contributed by atoms with Crippen molar-refractivity contribution in [2.75, 3.05) is 13.6 Å². The van der Waals surface area contributed by atoms with E-state index in [1.54, 1.807) is 12.4 Å². The van der Waals surface area contributed by atoms with Crippen LogP contribution < -0.4 is 0 Å². The molecule has 1 aromatic carbocycles. The minimum atomic E-state index is -0.527. The Kier molecular flexibility index (Phi) is 3.87. The number of likely N-dealkylation sites (N-methyl/N-ethyl adjacent to an activating group) is 1. The predicted molar refractivity (Wildman–Crippen MR) is 95.9 cm³/mol. The first-order valence-electron chi connectivity index (χ1n) is 8.50. The third kappa shape index (κ3) is 2.62. The van der Waals surface area contributed by atoms with Crippen LogP contribution in [0.1, 0.15) is 28.5 Å². The Labute approximate surface area is 142 Å². The molecular weight excluding hydrogens is 298 g/mol. The fraction of sp³-hybridized carbons (Fsp3) is 0.350. The van der Waals surface area contributed by atoms with Crippen LogP contribution in [0.25, 0.3) is 10.9 Å². The Morgan fingerprint density at radius 1 is 1.21 bits per heavy atom. The summed E-state index contributed by atoms with van der Waals surface area (Å²) in [6, 6.07) is 10.4. The van der Waals surface area contributed by atoms with Crippen molar-refractivity contribution < 1.29 is 5.11 Å². The zero-order valence-corrected chi connectivity index (χ0v) is 14.2. The Morgan fingerprint density at radius 3 is 2.79 bits per heavy atom. The maximum Gasteiger partial charge on any atom is 0.0970 e. The van der Waals surface area contributed by atoms with E-state index >= 15 is 0 Å². The van der Waals surface area contributed by atoms with Crippen molar-refractivity contribution in [2.24, 2.45) is 0 Å². The number of nitrogens with zero attached hydrogens (tertiary/aromatic N) is 3. The van der Waals surface area contributed by atoms with Gasteiger partial charge in [0.1, 0.15) is 0 Å². The van der Waals surface area contributed by atoms with Crippen molar-refractivity contribution >= 4 is 10.9 Å². The number of benzene rings is 1. The third-order valence-corrected chi connectivity index (χ3v) is 5.05. The molecule has 4 nitrogen and oxygen atoms in total. The van der Waals surface area contributed by atoms with Crippen molar-refractivity contribution in [3.63, 3.8) is 0 Å². The fourth-order valence-electron chi connectivity index (χ4n) is 3.76. The second-order valence-corrected chi connectivity index (χ2v) is 6.84. The summed E-state index contributed by atoms with van der Waals surface area (Å²) in [6.07, 6.45) is 4.02. The molecule has 24 heavy (non-hydrogen) atoms. The fourth-order valence-corrected chi connectivity index (χ4v) is 3.76. The number of fused-ring (bicyclic) bond motifs is 3. The molecule has 3 heterocycles. The molecule has 0 amide bonds. The highest BCUT2D eigenvalue weighted by Crippen LogP contribution is 2.32. The minimum Gasteiger partial charge on any atom is -0.387 e. The lowest BCUT2D eigenvalue weighted by Crippen LogP contribution is -2.28. The Balaban J connectivity index is 1.81. The topological polar surface area (TPSA) is 41.3 Å². The van der Waals surface area contributed by atoms with E-state index in [9.17, 15) is 5.11 Å². The molecule has 0 saturated heterocycles. The van der Waals surface area contributed by atoms with Gasteiger partial charge in [0, 0.05) is 42.1 Å². The molecule has 1 aliphatic rings. The number of aryl methyl sites for hydroxylation is 1. The Bertz CT molecular complexity index is 869. The van der Waals surface area contributed by atoms with Gasteiger partial charge in [0.2, 0.25) is 0 Å². The molecule has 0 saturated carbocycles. The summed E-state index contributed by atoms with van der Waals surface area (Å²) in [5, 5.41) is 12.1. The van der Waals surface area contributed by atoms with Gasteiger partial charge in [-0.1, -0.05) is 11.6 Å². The molecule has 4 heteroatoms. The molecule has 4 rings (SSSR count). The molecule has 1 atom stereocenters. The first-order chi connectivity index (χ1) is 11.6. The highest BCUT2D eigenvalue weighted by Gasteiger charge is 2.23. The first-order valence-corrected chi connectivity index (χ1v) is 8.50. The predicted octanol–water partition coefficient (Wildman–Crippen LogP) is 3.07. The second kappa shape index (κ2) is 6.04. The largest absolute Gasteiger partial charge is 0.387 e. The normalized spacial score (nSPS) is 16.3. The van der Waals surface area contributed by atoms with Crippen LogP contribution in [0.4, 0.5) is 0 Å². The van der Waals surface area contributed by atoms with Gasteiger partial charge < -0.3 is 14.6 Å². The molecule has 2 aromatic heterocycles. The average molecular weight is 321 g/mol. The molecule has 1 N–H and O–H groups in total. The molecule has 1 unspecified atom stereocenters. The molecule has 0 radical (unpaired) electrons. The van der Waals surface area contributed by atoms with Crippen LogP contribution in [-0.2, 0) is 19.5 Å². The number of aliphatic hydroxyl groups is 1. The molecular formula is C20H23N3O. The second-order valence-electron chi connectivity index (χ2n) is 6.84. The summed E-state index contributed by atoms with van der Waals surface area (Å²) >= 11 is 0. The van der Waals surface area contributed by atoms with Crippen LogP contribution in [0.2, 0.25) is 0 Å². The van der Waals surface area contributed by atoms with E-state index in [0.29, 0.717) is 6.54 Å². The van der Waals surface area contributed by atoms with Crippen molar-refractivity contribution in [3.05, 3.63) is 65.1 Å². The van der Waals surface area contributed by atoms with Gasteiger partial charge in [-0.2, -0.15) is 0 Å². The molecule has 0 spiro atoms. The number of rotatable bonds is 3. The van der Waals surface area contributed by atoms with E-state index in [1.807, 2.05) is 12.1 Å². The van der Waals surface area contributed by atoms with Crippen molar-refractivity contribution in [2.45, 2.75) is 32.5 Å². The highest BCUT2D eigenvalue weighted by atomic mass is 16.3. The average Bonchev–Trinajstić information content (AvgIpc) is 2.88. The van der Waals surface area contributed by atoms with Gasteiger partial charge in [0.25, 0.3) is 0 Å². The van der Waals surface area contributed by atoms with Crippen LogP contribution in [0, 0.1) is 6.92 Å². The van der Waals surface area contributed by atoms with E-state index in [1.165, 1.54) is 27.7 Å². The minimum absolute atomic E-state index is 0.527. The van der Waals surface area contributed by atoms with Gasteiger partial charge in [0.15, 0.2) is 0 Å². The van der Waals surface area contributed by atoms with E-state index < -0.39 is 6.10 Å². The molecule has 1 aliphatic heterocycles. The molecule has 124 valence electrons. The van der Waals surface area contributed by atoms with Gasteiger partial charge >= 0.3 is 0 Å². The smallest absolute Gasteiger partial charge is 0.0970 e. The maximum atomic E-state index is 10.7. The summed E-state index contributed by atoms with van der Waals surface area (Å²) in [4.78, 5) is 6.39. The Hall–Kier alpha value is -2.17. The lowest BCUT2D eigenvalue weighted by Gasteiger charge is -2.25. The maximum absolute atomic E-state index is 10.7. The summed E-state index contributed by atoms with van der Waals surface area (Å²) < 4.78 is 2.31. The van der Waals surface area contributed by atoms with Crippen molar-refractivity contribution in [1.82, 2.24) is 14.5 Å². The number of hydrogen-bond donors (Lipinski definition) is 1. The molecule has 0 aliphatic carbocycles. The number of aromatic nitrogens is 2. The summed E-state index contributed by atoms with van der Waals surface area (Å²) in [7, 11) is 2.16. The SMILES string of the molecule is Cc1ccc2c(c1)c1c(n2CC(O)c2ccncc2)CN(C)CC1. The Morgan fingerprint density at radius 2 is 2.00 bits per heavy atom. The summed E-state index contributed by atoms with van der Waals surface area (Å²) in [5.41, 5.74) is 6.23. The van der Waals surface area contributed by atoms with Crippen LogP contribution in [0.15, 0.2) is 42.7 Å². The van der Waals surface area contributed by atoms with Gasteiger partial charge in [-0.3, -0.25) is 4.98 Å². The van der Waals surface area contributed by atoms with Crippen LogP contribution >= 0.6 is 0 Å². The molecule has 0 fully saturated rings. The standard InChI is InChI=1S/C20H23N3O/c1-14-3-4-18-17(11-14)16-7-10-22(2)12-19(16)23(18)13-20(24)15-5-8-21-9-6-15/h3-6,8-9,11,20,24H,7,10,12-13H2,1-2H3.